The summed E-state index contributed by atoms with van der Waals surface area (Å²) in [5, 5.41) is 1.17. The maximum atomic E-state index is 11.1. The number of hydrogen-bond donors (Lipinski definition) is 1. The number of aromatic nitrogens is 1. The van der Waals surface area contributed by atoms with Crippen LogP contribution in [0.2, 0.25) is 0 Å². The molecular formula is C14H17NO3. The zero-order valence-corrected chi connectivity index (χ0v) is 10.4. The molecule has 0 atom stereocenters. The third-order valence-corrected chi connectivity index (χ3v) is 2.69. The minimum atomic E-state index is -0.586. The van der Waals surface area contributed by atoms with Crippen LogP contribution in [-0.4, -0.2) is 24.4 Å². The van der Waals surface area contributed by atoms with Crippen LogP contribution in [0.4, 0.5) is 4.79 Å². The molecule has 0 saturated carbocycles. The zero-order chi connectivity index (χ0) is 12.8. The van der Waals surface area contributed by atoms with Gasteiger partial charge in [0.1, 0.15) is 0 Å². The van der Waals surface area contributed by atoms with Gasteiger partial charge >= 0.3 is 6.16 Å². The second-order valence-electron chi connectivity index (χ2n) is 4.06. The standard InChI is InChI=1S/C14H17NO3/c1-2-8-17-14(16)18-9-7-11-10-15-13-6-4-3-5-12(11)13/h3-6,10,15H,2,7-9H2,1H3. The molecule has 0 spiro atoms. The van der Waals surface area contributed by atoms with Crippen molar-refractivity contribution in [2.24, 2.45) is 0 Å². The normalized spacial score (nSPS) is 10.5. The number of carbonyl (C=O) groups excluding carboxylic acids is 1. The summed E-state index contributed by atoms with van der Waals surface area (Å²) in [7, 11) is 0. The van der Waals surface area contributed by atoms with Gasteiger partial charge in [0.05, 0.1) is 13.2 Å². The van der Waals surface area contributed by atoms with E-state index < -0.39 is 6.16 Å². The average Bonchev–Trinajstić information content (AvgIpc) is 2.80. The Balaban J connectivity index is 1.85. The lowest BCUT2D eigenvalue weighted by Gasteiger charge is -2.04. The van der Waals surface area contributed by atoms with Gasteiger partial charge in [0.2, 0.25) is 0 Å². The summed E-state index contributed by atoms with van der Waals surface area (Å²) in [5.41, 5.74) is 2.25. The van der Waals surface area contributed by atoms with Gasteiger partial charge in [0.15, 0.2) is 0 Å². The Morgan fingerprint density at radius 1 is 1.22 bits per heavy atom. The van der Waals surface area contributed by atoms with Crippen molar-refractivity contribution in [3.05, 3.63) is 36.0 Å². The van der Waals surface area contributed by atoms with Crippen molar-refractivity contribution in [1.29, 1.82) is 0 Å². The Morgan fingerprint density at radius 2 is 2.00 bits per heavy atom. The van der Waals surface area contributed by atoms with Crippen LogP contribution in [0.15, 0.2) is 30.5 Å². The van der Waals surface area contributed by atoms with Gasteiger partial charge in [0.25, 0.3) is 0 Å². The molecule has 18 heavy (non-hydrogen) atoms. The third-order valence-electron chi connectivity index (χ3n) is 2.69. The van der Waals surface area contributed by atoms with Gasteiger partial charge < -0.3 is 14.5 Å². The van der Waals surface area contributed by atoms with E-state index in [4.69, 9.17) is 9.47 Å². The molecule has 1 N–H and O–H groups in total. The van der Waals surface area contributed by atoms with Crippen molar-refractivity contribution in [3.63, 3.8) is 0 Å². The topological polar surface area (TPSA) is 51.3 Å². The first-order chi connectivity index (χ1) is 8.81. The number of fused-ring (bicyclic) bond motifs is 1. The lowest BCUT2D eigenvalue weighted by molar-refractivity contribution is 0.0562. The maximum absolute atomic E-state index is 11.1. The van der Waals surface area contributed by atoms with Crippen LogP contribution < -0.4 is 0 Å². The molecular weight excluding hydrogens is 230 g/mol. The van der Waals surface area contributed by atoms with Crippen LogP contribution in [0.25, 0.3) is 10.9 Å². The van der Waals surface area contributed by atoms with E-state index in [2.05, 4.69) is 11.1 Å². The second kappa shape index (κ2) is 6.10. The lowest BCUT2D eigenvalue weighted by Crippen LogP contribution is -2.10. The molecule has 0 aliphatic heterocycles. The van der Waals surface area contributed by atoms with E-state index in [9.17, 15) is 4.79 Å². The predicted molar refractivity (Wildman–Crippen MR) is 69.6 cm³/mol. The van der Waals surface area contributed by atoms with E-state index in [1.54, 1.807) is 0 Å². The van der Waals surface area contributed by atoms with Crippen LogP contribution >= 0.6 is 0 Å². The second-order valence-corrected chi connectivity index (χ2v) is 4.06. The fourth-order valence-corrected chi connectivity index (χ4v) is 1.81. The highest BCUT2D eigenvalue weighted by Crippen LogP contribution is 2.17. The van der Waals surface area contributed by atoms with Crippen LogP contribution in [0.1, 0.15) is 18.9 Å². The molecule has 0 fully saturated rings. The number of para-hydroxylation sites is 1. The van der Waals surface area contributed by atoms with Crippen LogP contribution in [0.5, 0.6) is 0 Å². The van der Waals surface area contributed by atoms with Crippen LogP contribution in [0.3, 0.4) is 0 Å². The predicted octanol–water partition coefficient (Wildman–Crippen LogP) is 3.27. The molecule has 0 amide bonds. The van der Waals surface area contributed by atoms with Gasteiger partial charge in [-0.15, -0.1) is 0 Å². The summed E-state index contributed by atoms with van der Waals surface area (Å²) in [4.78, 5) is 14.3. The Bertz CT molecular complexity index is 518. The summed E-state index contributed by atoms with van der Waals surface area (Å²) < 4.78 is 9.82. The van der Waals surface area contributed by atoms with Crippen molar-refractivity contribution in [2.75, 3.05) is 13.2 Å². The van der Waals surface area contributed by atoms with Crippen molar-refractivity contribution < 1.29 is 14.3 Å². The SMILES string of the molecule is CCCOC(=O)OCCc1c[nH]c2ccccc12. The Kier molecular flexibility index (Phi) is 4.23. The third kappa shape index (κ3) is 3.03. The van der Waals surface area contributed by atoms with E-state index in [0.29, 0.717) is 19.6 Å². The highest BCUT2D eigenvalue weighted by atomic mass is 16.7. The van der Waals surface area contributed by atoms with Gasteiger partial charge in [-0.25, -0.2) is 4.79 Å². The molecule has 0 aliphatic rings. The van der Waals surface area contributed by atoms with E-state index in [1.165, 1.54) is 5.39 Å². The first kappa shape index (κ1) is 12.5. The van der Waals surface area contributed by atoms with Crippen molar-refractivity contribution >= 4 is 17.1 Å². The molecule has 2 aromatic rings. The van der Waals surface area contributed by atoms with Gasteiger partial charge in [-0.2, -0.15) is 0 Å². The number of rotatable bonds is 5. The van der Waals surface area contributed by atoms with Crippen molar-refractivity contribution in [2.45, 2.75) is 19.8 Å². The van der Waals surface area contributed by atoms with Gasteiger partial charge in [0, 0.05) is 23.5 Å². The highest BCUT2D eigenvalue weighted by Gasteiger charge is 2.06. The number of carbonyl (C=O) groups is 1. The number of H-pyrrole nitrogens is 1. The molecule has 1 aromatic carbocycles. The van der Waals surface area contributed by atoms with E-state index in [1.807, 2.05) is 31.3 Å². The lowest BCUT2D eigenvalue weighted by atomic mass is 10.1. The molecule has 1 heterocycles. The van der Waals surface area contributed by atoms with Gasteiger partial charge in [-0.1, -0.05) is 25.1 Å². The molecule has 1 aromatic heterocycles. The molecule has 0 unspecified atom stereocenters. The fraction of sp³-hybridized carbons (Fsp3) is 0.357. The highest BCUT2D eigenvalue weighted by molar-refractivity contribution is 5.83. The smallest absolute Gasteiger partial charge is 0.434 e. The fourth-order valence-electron chi connectivity index (χ4n) is 1.81. The molecule has 2 rings (SSSR count). The monoisotopic (exact) mass is 247 g/mol. The maximum Gasteiger partial charge on any atom is 0.508 e. The van der Waals surface area contributed by atoms with Gasteiger partial charge in [-0.05, 0) is 18.1 Å². The zero-order valence-electron chi connectivity index (χ0n) is 10.4. The van der Waals surface area contributed by atoms with E-state index >= 15 is 0 Å². The average molecular weight is 247 g/mol. The summed E-state index contributed by atoms with van der Waals surface area (Å²) in [5.74, 6) is 0. The van der Waals surface area contributed by atoms with Crippen molar-refractivity contribution in [3.8, 4) is 0 Å². The van der Waals surface area contributed by atoms with Crippen molar-refractivity contribution in [1.82, 2.24) is 4.98 Å². The van der Waals surface area contributed by atoms with Crippen LogP contribution in [0, 0.1) is 0 Å². The first-order valence-electron chi connectivity index (χ1n) is 6.16. The number of ether oxygens (including phenoxy) is 2. The number of benzene rings is 1. The Labute approximate surface area is 106 Å². The van der Waals surface area contributed by atoms with E-state index in [0.717, 1.165) is 17.5 Å². The largest absolute Gasteiger partial charge is 0.508 e. The Hall–Kier alpha value is -1.97. The quantitative estimate of drug-likeness (QED) is 0.825. The summed E-state index contributed by atoms with van der Waals surface area (Å²) in [6.45, 7) is 2.69. The molecule has 4 nitrogen and oxygen atoms in total. The minimum Gasteiger partial charge on any atom is -0.434 e. The molecule has 96 valence electrons. The van der Waals surface area contributed by atoms with Gasteiger partial charge in [-0.3, -0.25) is 0 Å². The van der Waals surface area contributed by atoms with Crippen LogP contribution in [-0.2, 0) is 15.9 Å². The Morgan fingerprint density at radius 3 is 2.83 bits per heavy atom. The molecule has 0 bridgehead atoms. The first-order valence-corrected chi connectivity index (χ1v) is 6.16. The number of aromatic amines is 1. The summed E-state index contributed by atoms with van der Waals surface area (Å²) >= 11 is 0. The molecule has 0 radical (unpaired) electrons. The number of hydrogen-bond acceptors (Lipinski definition) is 3. The molecule has 0 saturated heterocycles. The number of nitrogens with one attached hydrogen (secondary N) is 1. The summed E-state index contributed by atoms with van der Waals surface area (Å²) in [6.07, 6.45) is 2.85. The minimum absolute atomic E-state index is 0.338. The van der Waals surface area contributed by atoms with E-state index in [-0.39, 0.29) is 0 Å². The summed E-state index contributed by atoms with van der Waals surface area (Å²) in [6, 6.07) is 8.06. The molecule has 4 heteroatoms. The molecule has 0 aliphatic carbocycles.